The van der Waals surface area contributed by atoms with Crippen molar-refractivity contribution in [1.82, 2.24) is 9.88 Å². The Kier molecular flexibility index (Phi) is 4.61. The molecule has 1 aliphatic rings. The lowest BCUT2D eigenvalue weighted by molar-refractivity contribution is -0.137. The summed E-state index contributed by atoms with van der Waals surface area (Å²) >= 11 is 0. The Morgan fingerprint density at radius 1 is 1.07 bits per heavy atom. The number of nitrogens with zero attached hydrogens (tertiary/aromatic N) is 1. The van der Waals surface area contributed by atoms with Crippen LogP contribution in [0.5, 0.6) is 0 Å². The van der Waals surface area contributed by atoms with E-state index in [2.05, 4.69) is 5.32 Å². The van der Waals surface area contributed by atoms with Crippen molar-refractivity contribution in [1.29, 1.82) is 0 Å². The van der Waals surface area contributed by atoms with Crippen LogP contribution in [0.2, 0.25) is 0 Å². The summed E-state index contributed by atoms with van der Waals surface area (Å²) in [6, 6.07) is 9.26. The van der Waals surface area contributed by atoms with Gasteiger partial charge in [0.15, 0.2) is 0 Å². The first-order chi connectivity index (χ1) is 13.3. The van der Waals surface area contributed by atoms with Crippen molar-refractivity contribution in [3.05, 3.63) is 71.2 Å². The molecule has 3 aromatic rings. The van der Waals surface area contributed by atoms with E-state index in [0.717, 1.165) is 31.4 Å². The summed E-state index contributed by atoms with van der Waals surface area (Å²) < 4.78 is 54.1. The molecule has 3 nitrogen and oxygen atoms in total. The number of amides is 1. The quantitative estimate of drug-likeness (QED) is 0.616. The zero-order valence-electron chi connectivity index (χ0n) is 14.9. The number of nitrogens with one attached hydrogen (secondary N) is 1. The summed E-state index contributed by atoms with van der Waals surface area (Å²) in [7, 11) is 0. The Labute approximate surface area is 159 Å². The van der Waals surface area contributed by atoms with Crippen molar-refractivity contribution >= 4 is 16.8 Å². The number of alkyl halides is 3. The van der Waals surface area contributed by atoms with Crippen molar-refractivity contribution in [3.8, 4) is 0 Å². The van der Waals surface area contributed by atoms with Gasteiger partial charge < -0.3 is 9.88 Å². The van der Waals surface area contributed by atoms with Crippen LogP contribution in [-0.2, 0) is 12.7 Å². The lowest BCUT2D eigenvalue weighted by atomic mass is 9.93. The van der Waals surface area contributed by atoms with Crippen molar-refractivity contribution < 1.29 is 22.4 Å². The molecule has 0 spiro atoms. The topological polar surface area (TPSA) is 34.0 Å². The molecular weight excluding hydrogens is 372 g/mol. The van der Waals surface area contributed by atoms with E-state index in [0.29, 0.717) is 22.0 Å². The van der Waals surface area contributed by atoms with Gasteiger partial charge in [-0.25, -0.2) is 4.39 Å². The van der Waals surface area contributed by atoms with Gasteiger partial charge in [0.05, 0.1) is 16.6 Å². The number of fused-ring (bicyclic) bond motifs is 1. The average Bonchev–Trinajstić information content (AvgIpc) is 3.03. The van der Waals surface area contributed by atoms with Gasteiger partial charge in [0, 0.05) is 24.2 Å². The number of hydrogen-bond acceptors (Lipinski definition) is 1. The summed E-state index contributed by atoms with van der Waals surface area (Å²) in [5.74, 6) is -0.705. The molecule has 1 N–H and O–H groups in total. The molecule has 1 saturated carbocycles. The predicted octanol–water partition coefficient (Wildman–Crippen LogP) is 5.13. The fraction of sp³-hybridized carbons (Fsp3) is 0.286. The third-order valence-electron chi connectivity index (χ3n) is 5.19. The molecule has 0 bridgehead atoms. The minimum Gasteiger partial charge on any atom is -0.349 e. The summed E-state index contributed by atoms with van der Waals surface area (Å²) in [4.78, 5) is 12.7. The van der Waals surface area contributed by atoms with Crippen LogP contribution in [-0.4, -0.2) is 16.5 Å². The van der Waals surface area contributed by atoms with E-state index in [1.807, 2.05) is 0 Å². The highest BCUT2D eigenvalue weighted by atomic mass is 19.4. The monoisotopic (exact) mass is 390 g/mol. The van der Waals surface area contributed by atoms with E-state index < -0.39 is 17.6 Å². The molecule has 7 heteroatoms. The molecule has 0 saturated heterocycles. The molecule has 0 aliphatic heterocycles. The number of rotatable bonds is 4. The maximum absolute atomic E-state index is 14.2. The normalized spacial score (nSPS) is 14.9. The van der Waals surface area contributed by atoms with Crippen LogP contribution in [0.4, 0.5) is 17.6 Å². The van der Waals surface area contributed by atoms with E-state index in [1.54, 1.807) is 16.8 Å². The molecular formula is C21H18F4N2O. The maximum atomic E-state index is 14.2. The lowest BCUT2D eigenvalue weighted by Crippen LogP contribution is -2.39. The Hall–Kier alpha value is -2.83. The van der Waals surface area contributed by atoms with Crippen LogP contribution in [0.15, 0.2) is 48.7 Å². The fourth-order valence-electron chi connectivity index (χ4n) is 3.42. The van der Waals surface area contributed by atoms with Gasteiger partial charge in [-0.1, -0.05) is 12.1 Å². The molecule has 1 heterocycles. The van der Waals surface area contributed by atoms with E-state index in [-0.39, 0.29) is 18.5 Å². The predicted molar refractivity (Wildman–Crippen MR) is 97.5 cm³/mol. The molecule has 0 atom stereocenters. The van der Waals surface area contributed by atoms with Gasteiger partial charge >= 0.3 is 6.18 Å². The van der Waals surface area contributed by atoms with Crippen LogP contribution in [0.1, 0.15) is 40.7 Å². The van der Waals surface area contributed by atoms with Gasteiger partial charge in [-0.3, -0.25) is 4.79 Å². The largest absolute Gasteiger partial charge is 0.416 e. The zero-order valence-corrected chi connectivity index (χ0v) is 14.9. The zero-order chi connectivity index (χ0) is 19.9. The highest BCUT2D eigenvalue weighted by Crippen LogP contribution is 2.30. The summed E-state index contributed by atoms with van der Waals surface area (Å²) in [5.41, 5.74) is 0.706. The summed E-state index contributed by atoms with van der Waals surface area (Å²) in [6.07, 6.45) is 0.194. The minimum atomic E-state index is -4.39. The van der Waals surface area contributed by atoms with Crippen LogP contribution >= 0.6 is 0 Å². The molecule has 146 valence electrons. The standard InChI is InChI=1S/C21H18F4N2O/c22-18-9-8-17(20(28)26-15-2-1-3-15)19-16(18)10-11-27(19)12-13-4-6-14(7-5-13)21(23,24)25/h4-11,15H,1-3,12H2,(H,26,28). The first kappa shape index (κ1) is 18.5. The Bertz CT molecular complexity index is 1020. The number of halogens is 4. The highest BCUT2D eigenvalue weighted by molar-refractivity contribution is 6.06. The Morgan fingerprint density at radius 2 is 1.79 bits per heavy atom. The molecule has 28 heavy (non-hydrogen) atoms. The second-order valence-electron chi connectivity index (χ2n) is 7.10. The van der Waals surface area contributed by atoms with E-state index in [1.165, 1.54) is 24.3 Å². The van der Waals surface area contributed by atoms with Crippen molar-refractivity contribution in [2.45, 2.75) is 38.0 Å². The number of carbonyl (C=O) groups is 1. The van der Waals surface area contributed by atoms with E-state index >= 15 is 0 Å². The van der Waals surface area contributed by atoms with E-state index in [4.69, 9.17) is 0 Å². The molecule has 4 rings (SSSR count). The van der Waals surface area contributed by atoms with Crippen molar-refractivity contribution in [3.63, 3.8) is 0 Å². The minimum absolute atomic E-state index is 0.144. The first-order valence-electron chi connectivity index (χ1n) is 9.07. The molecule has 2 aromatic carbocycles. The SMILES string of the molecule is O=C(NC1CCC1)c1ccc(F)c2ccn(Cc3ccc(C(F)(F)F)cc3)c12. The van der Waals surface area contributed by atoms with Crippen LogP contribution < -0.4 is 5.32 Å². The molecule has 1 fully saturated rings. The molecule has 1 aliphatic carbocycles. The van der Waals surface area contributed by atoms with Crippen molar-refractivity contribution in [2.24, 2.45) is 0 Å². The third-order valence-corrected chi connectivity index (χ3v) is 5.19. The molecule has 1 aromatic heterocycles. The fourth-order valence-corrected chi connectivity index (χ4v) is 3.42. The summed E-state index contributed by atoms with van der Waals surface area (Å²) in [5, 5.41) is 3.26. The Morgan fingerprint density at radius 3 is 2.39 bits per heavy atom. The first-order valence-corrected chi connectivity index (χ1v) is 9.07. The lowest BCUT2D eigenvalue weighted by Gasteiger charge is -2.26. The van der Waals surface area contributed by atoms with Crippen LogP contribution in [0, 0.1) is 5.82 Å². The van der Waals surface area contributed by atoms with Gasteiger partial charge in [0.2, 0.25) is 0 Å². The van der Waals surface area contributed by atoms with Gasteiger partial charge in [-0.05, 0) is 55.2 Å². The number of carbonyl (C=O) groups excluding carboxylic acids is 1. The Balaban J connectivity index is 1.67. The number of hydrogen-bond donors (Lipinski definition) is 1. The second-order valence-corrected chi connectivity index (χ2v) is 7.10. The molecule has 0 radical (unpaired) electrons. The van der Waals surface area contributed by atoms with E-state index in [9.17, 15) is 22.4 Å². The van der Waals surface area contributed by atoms with Crippen molar-refractivity contribution in [2.75, 3.05) is 0 Å². The third kappa shape index (κ3) is 3.48. The summed E-state index contributed by atoms with van der Waals surface area (Å²) in [6.45, 7) is 0.231. The smallest absolute Gasteiger partial charge is 0.349 e. The highest BCUT2D eigenvalue weighted by Gasteiger charge is 2.30. The van der Waals surface area contributed by atoms with Gasteiger partial charge in [-0.2, -0.15) is 13.2 Å². The average molecular weight is 390 g/mol. The maximum Gasteiger partial charge on any atom is 0.416 e. The van der Waals surface area contributed by atoms with Crippen LogP contribution in [0.3, 0.4) is 0 Å². The van der Waals surface area contributed by atoms with Gasteiger partial charge in [0.25, 0.3) is 5.91 Å². The molecule has 0 unspecified atom stereocenters. The van der Waals surface area contributed by atoms with Gasteiger partial charge in [0.1, 0.15) is 5.82 Å². The second kappa shape index (κ2) is 6.96. The number of benzene rings is 2. The number of aromatic nitrogens is 1. The van der Waals surface area contributed by atoms with Gasteiger partial charge in [-0.15, -0.1) is 0 Å². The molecule has 1 amide bonds. The van der Waals surface area contributed by atoms with Crippen LogP contribution in [0.25, 0.3) is 10.9 Å².